The Hall–Kier alpha value is -1.90. The van der Waals surface area contributed by atoms with Gasteiger partial charge in [0.1, 0.15) is 11.6 Å². The molecule has 1 aliphatic heterocycles. The number of carbonyl (C=O) groups excluding carboxylic acids is 1. The number of hydrogen-bond donors (Lipinski definition) is 2. The van der Waals surface area contributed by atoms with Crippen LogP contribution in [0.3, 0.4) is 0 Å². The first-order valence-corrected chi connectivity index (χ1v) is 8.93. The fraction of sp³-hybridized carbons (Fsp3) is 0.611. The molecule has 1 heterocycles. The highest BCUT2D eigenvalue weighted by molar-refractivity contribution is 5.75. The highest BCUT2D eigenvalue weighted by atomic mass is 19.4. The van der Waals surface area contributed by atoms with Crippen LogP contribution in [0.15, 0.2) is 18.2 Å². The summed E-state index contributed by atoms with van der Waals surface area (Å²) >= 11 is 0. The first-order valence-electron chi connectivity index (χ1n) is 8.93. The van der Waals surface area contributed by atoms with Gasteiger partial charge in [0.05, 0.1) is 11.7 Å². The molecule has 1 spiro atoms. The van der Waals surface area contributed by atoms with Crippen LogP contribution >= 0.6 is 0 Å². The van der Waals surface area contributed by atoms with Gasteiger partial charge in [-0.25, -0.2) is 13.6 Å². The molecule has 3 fully saturated rings. The molecule has 27 heavy (non-hydrogen) atoms. The molecule has 2 aliphatic carbocycles. The van der Waals surface area contributed by atoms with E-state index in [0.717, 1.165) is 43.9 Å². The molecule has 4 rings (SSSR count). The average Bonchev–Trinajstić information content (AvgIpc) is 2.94. The van der Waals surface area contributed by atoms with Gasteiger partial charge < -0.3 is 15.4 Å². The lowest BCUT2D eigenvalue weighted by atomic mass is 9.46. The van der Waals surface area contributed by atoms with E-state index in [9.17, 15) is 26.7 Å². The molecule has 0 bridgehead atoms. The van der Waals surface area contributed by atoms with Crippen molar-refractivity contribution in [3.8, 4) is 0 Å². The summed E-state index contributed by atoms with van der Waals surface area (Å²) in [6, 6.07) is -1.71. The minimum Gasteiger partial charge on any atom is -0.377 e. The number of benzene rings is 1. The zero-order valence-electron chi connectivity index (χ0n) is 14.3. The van der Waals surface area contributed by atoms with Gasteiger partial charge in [0.15, 0.2) is 6.04 Å². The van der Waals surface area contributed by atoms with Crippen LogP contribution in [0.1, 0.15) is 37.3 Å². The molecular formula is C18H19F5N2O2. The standard InChI is InChI=1S/C18H19F5N2O2/c19-10-3-1-4-11(20)12(10)14(18(21,22)23)25-16(26)24-13-9-5-8-27-15(9)17(13)6-2-7-17/h1,3-4,9,13-15H,2,5-8H2,(H2,24,25,26)/t9-,13+,14+,15-/m0/s1. The van der Waals surface area contributed by atoms with Crippen molar-refractivity contribution >= 4 is 6.03 Å². The lowest BCUT2D eigenvalue weighted by Gasteiger charge is -2.63. The van der Waals surface area contributed by atoms with Gasteiger partial charge in [0.25, 0.3) is 0 Å². The van der Waals surface area contributed by atoms with E-state index in [1.165, 1.54) is 0 Å². The molecule has 9 heteroatoms. The second-order valence-corrected chi connectivity index (χ2v) is 7.54. The number of amides is 2. The van der Waals surface area contributed by atoms with Crippen LogP contribution in [0.2, 0.25) is 0 Å². The summed E-state index contributed by atoms with van der Waals surface area (Å²) in [6.45, 7) is 0.572. The van der Waals surface area contributed by atoms with Crippen molar-refractivity contribution in [2.75, 3.05) is 6.61 Å². The highest BCUT2D eigenvalue weighted by Gasteiger charge is 2.67. The number of ether oxygens (including phenoxy) is 1. The second-order valence-electron chi connectivity index (χ2n) is 7.54. The van der Waals surface area contributed by atoms with Crippen LogP contribution in [0.4, 0.5) is 26.7 Å². The fourth-order valence-corrected chi connectivity index (χ4v) is 4.87. The maximum absolute atomic E-state index is 13.9. The van der Waals surface area contributed by atoms with Gasteiger partial charge in [-0.3, -0.25) is 0 Å². The Labute approximate surface area is 152 Å². The number of rotatable bonds is 3. The van der Waals surface area contributed by atoms with Crippen molar-refractivity contribution in [2.24, 2.45) is 11.3 Å². The summed E-state index contributed by atoms with van der Waals surface area (Å²) in [6.07, 6.45) is -1.58. The Bertz CT molecular complexity index is 730. The Kier molecular flexibility index (Phi) is 4.32. The molecule has 148 valence electrons. The second kappa shape index (κ2) is 6.32. The first-order chi connectivity index (χ1) is 12.7. The first kappa shape index (κ1) is 18.5. The third kappa shape index (κ3) is 2.86. The molecule has 0 unspecified atom stereocenters. The summed E-state index contributed by atoms with van der Waals surface area (Å²) in [7, 11) is 0. The Morgan fingerprint density at radius 1 is 1.22 bits per heavy atom. The van der Waals surface area contributed by atoms with Crippen LogP contribution in [0, 0.1) is 23.0 Å². The zero-order chi connectivity index (χ0) is 19.4. The van der Waals surface area contributed by atoms with Crippen LogP contribution < -0.4 is 10.6 Å². The van der Waals surface area contributed by atoms with E-state index >= 15 is 0 Å². The summed E-state index contributed by atoms with van der Waals surface area (Å²) < 4.78 is 73.6. The molecule has 1 aromatic rings. The predicted molar refractivity (Wildman–Crippen MR) is 84.7 cm³/mol. The molecule has 3 aliphatic rings. The minimum absolute atomic E-state index is 0.0407. The van der Waals surface area contributed by atoms with Gasteiger partial charge in [-0.05, 0) is 31.4 Å². The summed E-state index contributed by atoms with van der Waals surface area (Å²) in [4.78, 5) is 12.3. The van der Waals surface area contributed by atoms with Gasteiger partial charge in [0.2, 0.25) is 0 Å². The number of nitrogens with one attached hydrogen (secondary N) is 2. The van der Waals surface area contributed by atoms with Crippen LogP contribution in [-0.2, 0) is 4.74 Å². The molecular weight excluding hydrogens is 371 g/mol. The van der Waals surface area contributed by atoms with Crippen molar-refractivity contribution in [3.05, 3.63) is 35.4 Å². The largest absolute Gasteiger partial charge is 0.413 e. The molecule has 1 aromatic carbocycles. The van der Waals surface area contributed by atoms with E-state index in [1.807, 2.05) is 0 Å². The topological polar surface area (TPSA) is 50.4 Å². The van der Waals surface area contributed by atoms with E-state index in [0.29, 0.717) is 6.61 Å². The predicted octanol–water partition coefficient (Wildman–Crippen LogP) is 3.83. The zero-order valence-corrected chi connectivity index (χ0v) is 14.3. The van der Waals surface area contributed by atoms with Crippen LogP contribution in [0.5, 0.6) is 0 Å². The normalized spacial score (nSPS) is 29.4. The number of fused-ring (bicyclic) bond motifs is 2. The average molecular weight is 390 g/mol. The van der Waals surface area contributed by atoms with Crippen LogP contribution in [-0.4, -0.2) is 31.0 Å². The molecule has 1 saturated heterocycles. The van der Waals surface area contributed by atoms with E-state index in [2.05, 4.69) is 5.32 Å². The SMILES string of the molecule is O=C(N[C@H](c1c(F)cccc1F)C(F)(F)F)N[C@@H]1[C@@H]2CCO[C@@H]2C12CCC2. The summed E-state index contributed by atoms with van der Waals surface area (Å²) in [5, 5.41) is 4.34. The van der Waals surface area contributed by atoms with Crippen molar-refractivity contribution < 1.29 is 31.5 Å². The van der Waals surface area contributed by atoms with Gasteiger partial charge in [-0.1, -0.05) is 12.5 Å². The third-order valence-corrected chi connectivity index (χ3v) is 6.21. The van der Waals surface area contributed by atoms with Gasteiger partial charge >= 0.3 is 12.2 Å². The molecule has 4 atom stereocenters. The maximum Gasteiger partial charge on any atom is 0.413 e. The van der Waals surface area contributed by atoms with E-state index in [-0.39, 0.29) is 23.5 Å². The maximum atomic E-state index is 13.9. The third-order valence-electron chi connectivity index (χ3n) is 6.21. The van der Waals surface area contributed by atoms with Gasteiger partial charge in [0, 0.05) is 24.0 Å². The molecule has 4 nitrogen and oxygen atoms in total. The smallest absolute Gasteiger partial charge is 0.377 e. The molecule has 2 amide bonds. The monoisotopic (exact) mass is 390 g/mol. The number of hydrogen-bond acceptors (Lipinski definition) is 2. The highest BCUT2D eigenvalue weighted by Crippen LogP contribution is 2.62. The Morgan fingerprint density at radius 2 is 1.89 bits per heavy atom. The van der Waals surface area contributed by atoms with E-state index < -0.39 is 35.4 Å². The summed E-state index contributed by atoms with van der Waals surface area (Å²) in [5.74, 6) is -2.65. The number of urea groups is 1. The number of alkyl halides is 3. The number of carbonyl (C=O) groups is 1. The fourth-order valence-electron chi connectivity index (χ4n) is 4.87. The van der Waals surface area contributed by atoms with Gasteiger partial charge in [-0.15, -0.1) is 0 Å². The van der Waals surface area contributed by atoms with Crippen LogP contribution in [0.25, 0.3) is 0 Å². The molecule has 0 radical (unpaired) electrons. The number of halogens is 5. The van der Waals surface area contributed by atoms with Crippen molar-refractivity contribution in [1.82, 2.24) is 10.6 Å². The van der Waals surface area contributed by atoms with E-state index in [4.69, 9.17) is 4.74 Å². The molecule has 2 N–H and O–H groups in total. The van der Waals surface area contributed by atoms with Crippen molar-refractivity contribution in [2.45, 2.75) is 50.0 Å². The molecule has 0 aromatic heterocycles. The van der Waals surface area contributed by atoms with Crippen molar-refractivity contribution in [3.63, 3.8) is 0 Å². The quantitative estimate of drug-likeness (QED) is 0.771. The van der Waals surface area contributed by atoms with Crippen molar-refractivity contribution in [1.29, 1.82) is 0 Å². The van der Waals surface area contributed by atoms with E-state index in [1.54, 1.807) is 5.32 Å². The Balaban J connectivity index is 1.51. The lowest BCUT2D eigenvalue weighted by molar-refractivity contribution is -0.173. The summed E-state index contributed by atoms with van der Waals surface area (Å²) in [5.41, 5.74) is -1.43. The lowest BCUT2D eigenvalue weighted by Crippen LogP contribution is -2.72. The molecule has 2 saturated carbocycles. The minimum atomic E-state index is -5.05. The Morgan fingerprint density at radius 3 is 2.44 bits per heavy atom. The van der Waals surface area contributed by atoms with Gasteiger partial charge in [-0.2, -0.15) is 13.2 Å².